The van der Waals surface area contributed by atoms with Gasteiger partial charge in [-0.25, -0.2) is 4.52 Å². The lowest BCUT2D eigenvalue weighted by Crippen LogP contribution is -2.24. The highest BCUT2D eigenvalue weighted by atomic mass is 79.9. The number of benzene rings is 1. The van der Waals surface area contributed by atoms with Gasteiger partial charge in [0.05, 0.1) is 17.5 Å². The van der Waals surface area contributed by atoms with Gasteiger partial charge < -0.3 is 9.67 Å². The zero-order chi connectivity index (χ0) is 17.4. The molecule has 4 aromatic rings. The van der Waals surface area contributed by atoms with E-state index in [9.17, 15) is 9.90 Å². The molecule has 3 heterocycles. The molecule has 5 nitrogen and oxygen atoms in total. The average molecular weight is 416 g/mol. The number of aromatic nitrogens is 3. The highest BCUT2D eigenvalue weighted by Crippen LogP contribution is 2.24. The summed E-state index contributed by atoms with van der Waals surface area (Å²) in [5, 5.41) is 16.9. The van der Waals surface area contributed by atoms with Crippen molar-refractivity contribution in [2.75, 3.05) is 0 Å². The molecule has 0 amide bonds. The van der Waals surface area contributed by atoms with Crippen molar-refractivity contribution in [3.8, 4) is 10.6 Å². The summed E-state index contributed by atoms with van der Waals surface area (Å²) in [6, 6.07) is 13.2. The Morgan fingerprint density at radius 1 is 1.20 bits per heavy atom. The Labute approximate surface area is 155 Å². The van der Waals surface area contributed by atoms with Gasteiger partial charge in [-0.15, -0.1) is 11.3 Å². The molecule has 4 rings (SSSR count). The lowest BCUT2D eigenvalue weighted by Gasteiger charge is -2.13. The molecule has 0 aliphatic rings. The number of hydrogen-bond acceptors (Lipinski definition) is 4. The maximum atomic E-state index is 12.7. The van der Waals surface area contributed by atoms with Crippen molar-refractivity contribution in [3.05, 3.63) is 80.6 Å². The summed E-state index contributed by atoms with van der Waals surface area (Å²) in [5.74, 6) is 0. The first-order chi connectivity index (χ1) is 12.1. The van der Waals surface area contributed by atoms with Crippen LogP contribution < -0.4 is 5.56 Å². The fourth-order valence-electron chi connectivity index (χ4n) is 2.72. The smallest absolute Gasteiger partial charge is 0.276 e. The molecule has 0 saturated heterocycles. The molecule has 1 atom stereocenters. The second-order valence-electron chi connectivity index (χ2n) is 5.66. The maximum absolute atomic E-state index is 12.7. The van der Waals surface area contributed by atoms with Crippen molar-refractivity contribution >= 4 is 32.8 Å². The van der Waals surface area contributed by atoms with E-state index in [1.165, 1.54) is 4.57 Å². The average Bonchev–Trinajstić information content (AvgIpc) is 3.26. The zero-order valence-electron chi connectivity index (χ0n) is 13.0. The molecule has 7 heteroatoms. The van der Waals surface area contributed by atoms with E-state index in [2.05, 4.69) is 21.0 Å². The summed E-state index contributed by atoms with van der Waals surface area (Å²) >= 11 is 4.98. The van der Waals surface area contributed by atoms with E-state index in [1.807, 2.05) is 41.8 Å². The number of aliphatic hydroxyl groups is 1. The Balaban J connectivity index is 1.68. The fraction of sp³-hybridized carbons (Fsp3) is 0.111. The maximum Gasteiger partial charge on any atom is 0.276 e. The molecule has 0 unspecified atom stereocenters. The van der Waals surface area contributed by atoms with Crippen LogP contribution in [-0.4, -0.2) is 19.3 Å². The number of fused-ring (bicyclic) bond motifs is 1. The molecular weight excluding hydrogens is 402 g/mol. The molecule has 0 fully saturated rings. The molecule has 0 bridgehead atoms. The molecule has 0 aliphatic heterocycles. The van der Waals surface area contributed by atoms with Gasteiger partial charge in [0.25, 0.3) is 5.56 Å². The van der Waals surface area contributed by atoms with Crippen molar-refractivity contribution in [2.45, 2.75) is 12.6 Å². The SMILES string of the molecule is O=c1c2cc(-c3cccs3)nn2ccn1C[C@@H](O)c1cccc(Br)c1. The largest absolute Gasteiger partial charge is 0.387 e. The monoisotopic (exact) mass is 415 g/mol. The second kappa shape index (κ2) is 6.59. The van der Waals surface area contributed by atoms with Crippen LogP contribution in [0.15, 0.2) is 69.5 Å². The predicted octanol–water partition coefficient (Wildman–Crippen LogP) is 3.72. The van der Waals surface area contributed by atoms with Gasteiger partial charge in [0.1, 0.15) is 11.2 Å². The van der Waals surface area contributed by atoms with E-state index < -0.39 is 6.10 Å². The van der Waals surface area contributed by atoms with Crippen LogP contribution >= 0.6 is 27.3 Å². The van der Waals surface area contributed by atoms with Crippen LogP contribution in [0.4, 0.5) is 0 Å². The minimum Gasteiger partial charge on any atom is -0.387 e. The summed E-state index contributed by atoms with van der Waals surface area (Å²) in [4.78, 5) is 13.7. The van der Waals surface area contributed by atoms with Crippen LogP contribution in [0.2, 0.25) is 0 Å². The van der Waals surface area contributed by atoms with Gasteiger partial charge in [-0.05, 0) is 35.2 Å². The summed E-state index contributed by atoms with van der Waals surface area (Å²) < 4.78 is 3.99. The number of rotatable bonds is 4. The Hall–Kier alpha value is -2.22. The van der Waals surface area contributed by atoms with Crippen LogP contribution in [0.5, 0.6) is 0 Å². The molecule has 0 saturated carbocycles. The molecule has 126 valence electrons. The van der Waals surface area contributed by atoms with Gasteiger partial charge in [-0.1, -0.05) is 34.1 Å². The quantitative estimate of drug-likeness (QED) is 0.552. The lowest BCUT2D eigenvalue weighted by atomic mass is 10.1. The number of thiophene rings is 1. The molecule has 1 N–H and O–H groups in total. The van der Waals surface area contributed by atoms with E-state index >= 15 is 0 Å². The molecule has 0 spiro atoms. The summed E-state index contributed by atoms with van der Waals surface area (Å²) in [6.45, 7) is 0.186. The summed E-state index contributed by atoms with van der Waals surface area (Å²) in [5.41, 5.74) is 1.85. The van der Waals surface area contributed by atoms with Crippen LogP contribution in [0.1, 0.15) is 11.7 Å². The van der Waals surface area contributed by atoms with Crippen LogP contribution in [-0.2, 0) is 6.54 Å². The van der Waals surface area contributed by atoms with Crippen molar-refractivity contribution in [2.24, 2.45) is 0 Å². The zero-order valence-corrected chi connectivity index (χ0v) is 15.4. The summed E-state index contributed by atoms with van der Waals surface area (Å²) in [7, 11) is 0. The first-order valence-corrected chi connectivity index (χ1v) is 9.35. The van der Waals surface area contributed by atoms with Gasteiger partial charge >= 0.3 is 0 Å². The highest BCUT2D eigenvalue weighted by Gasteiger charge is 2.13. The molecule has 0 aliphatic carbocycles. The van der Waals surface area contributed by atoms with Gasteiger partial charge in [0, 0.05) is 16.9 Å². The van der Waals surface area contributed by atoms with E-state index in [0.717, 1.165) is 20.6 Å². The van der Waals surface area contributed by atoms with Gasteiger partial charge in [0.2, 0.25) is 0 Å². The third-order valence-electron chi connectivity index (χ3n) is 3.98. The molecule has 3 aromatic heterocycles. The first-order valence-electron chi connectivity index (χ1n) is 7.68. The third kappa shape index (κ3) is 3.18. The standard InChI is InChI=1S/C18H14BrN3O2S/c19-13-4-1-3-12(9-13)16(23)11-21-6-7-22-15(18(21)24)10-14(20-22)17-5-2-8-25-17/h1-10,16,23H,11H2/t16-/m1/s1. The Kier molecular flexibility index (Phi) is 4.29. The van der Waals surface area contributed by atoms with Crippen molar-refractivity contribution in [1.82, 2.24) is 14.2 Å². The number of aliphatic hydroxyl groups excluding tert-OH is 1. The molecule has 25 heavy (non-hydrogen) atoms. The Morgan fingerprint density at radius 3 is 2.84 bits per heavy atom. The van der Waals surface area contributed by atoms with E-state index in [4.69, 9.17) is 0 Å². The first kappa shape index (κ1) is 16.3. The minimum absolute atomic E-state index is 0.174. The van der Waals surface area contributed by atoms with Gasteiger partial charge in [0.15, 0.2) is 0 Å². The van der Waals surface area contributed by atoms with Crippen molar-refractivity contribution in [3.63, 3.8) is 0 Å². The van der Waals surface area contributed by atoms with E-state index in [1.54, 1.807) is 34.3 Å². The summed E-state index contributed by atoms with van der Waals surface area (Å²) in [6.07, 6.45) is 2.63. The fourth-order valence-corrected chi connectivity index (χ4v) is 3.82. The normalized spacial score (nSPS) is 12.6. The Bertz CT molecular complexity index is 1090. The highest BCUT2D eigenvalue weighted by molar-refractivity contribution is 9.10. The molecule has 0 radical (unpaired) electrons. The van der Waals surface area contributed by atoms with Crippen LogP contribution in [0.3, 0.4) is 0 Å². The lowest BCUT2D eigenvalue weighted by molar-refractivity contribution is 0.155. The van der Waals surface area contributed by atoms with Crippen LogP contribution in [0, 0.1) is 0 Å². The van der Waals surface area contributed by atoms with Crippen molar-refractivity contribution < 1.29 is 5.11 Å². The molecule has 1 aromatic carbocycles. The second-order valence-corrected chi connectivity index (χ2v) is 7.53. The third-order valence-corrected chi connectivity index (χ3v) is 5.37. The number of nitrogens with zero attached hydrogens (tertiary/aromatic N) is 3. The van der Waals surface area contributed by atoms with Crippen molar-refractivity contribution in [1.29, 1.82) is 0 Å². The number of hydrogen-bond donors (Lipinski definition) is 1. The van der Waals surface area contributed by atoms with Gasteiger partial charge in [-0.2, -0.15) is 5.10 Å². The topological polar surface area (TPSA) is 59.5 Å². The number of halogens is 1. The predicted molar refractivity (Wildman–Crippen MR) is 102 cm³/mol. The molecular formula is C18H14BrN3O2S. The van der Waals surface area contributed by atoms with Crippen LogP contribution in [0.25, 0.3) is 16.1 Å². The Morgan fingerprint density at radius 2 is 2.08 bits per heavy atom. The minimum atomic E-state index is -0.766. The van der Waals surface area contributed by atoms with E-state index in [-0.39, 0.29) is 12.1 Å². The van der Waals surface area contributed by atoms with E-state index in [0.29, 0.717) is 5.52 Å². The van der Waals surface area contributed by atoms with Gasteiger partial charge in [-0.3, -0.25) is 4.79 Å².